The maximum absolute atomic E-state index is 12.3. The number of anilines is 1. The third kappa shape index (κ3) is 5.23. The van der Waals surface area contributed by atoms with Crippen molar-refractivity contribution in [2.75, 3.05) is 24.8 Å². The number of aryl methyl sites for hydroxylation is 1. The number of benzene rings is 2. The number of hydrogen-bond acceptors (Lipinski definition) is 5. The minimum atomic E-state index is -3.50. The standard InChI is InChI=1S/C19H23NO5S/c1-4-25-17-10-7-15(13-18(17)24-3)20-19(21)11-12-26(22,23)16-8-5-14(2)6-9-16/h5-10,13H,4,11-12H2,1-3H3,(H,20,21). The molecule has 0 unspecified atom stereocenters. The second kappa shape index (κ2) is 8.71. The summed E-state index contributed by atoms with van der Waals surface area (Å²) in [5, 5.41) is 2.68. The molecule has 2 aromatic carbocycles. The van der Waals surface area contributed by atoms with Crippen molar-refractivity contribution in [2.24, 2.45) is 0 Å². The summed E-state index contributed by atoms with van der Waals surface area (Å²) in [7, 11) is -1.99. The van der Waals surface area contributed by atoms with Gasteiger partial charge < -0.3 is 14.8 Å². The monoisotopic (exact) mass is 377 g/mol. The van der Waals surface area contributed by atoms with E-state index in [1.807, 2.05) is 13.8 Å². The average Bonchev–Trinajstić information content (AvgIpc) is 2.62. The van der Waals surface area contributed by atoms with Crippen LogP contribution in [0, 0.1) is 6.92 Å². The molecular formula is C19H23NO5S. The summed E-state index contributed by atoms with van der Waals surface area (Å²) in [6.07, 6.45) is -0.133. The van der Waals surface area contributed by atoms with Crippen molar-refractivity contribution in [2.45, 2.75) is 25.2 Å². The third-order valence-corrected chi connectivity index (χ3v) is 5.46. The summed E-state index contributed by atoms with van der Waals surface area (Å²) >= 11 is 0. The third-order valence-electron chi connectivity index (χ3n) is 3.73. The fraction of sp³-hybridized carbons (Fsp3) is 0.316. The summed E-state index contributed by atoms with van der Waals surface area (Å²) in [4.78, 5) is 12.3. The molecule has 1 N–H and O–H groups in total. The number of carbonyl (C=O) groups excluding carboxylic acids is 1. The molecule has 2 rings (SSSR count). The van der Waals surface area contributed by atoms with E-state index in [0.717, 1.165) is 5.56 Å². The van der Waals surface area contributed by atoms with Crippen LogP contribution in [0.4, 0.5) is 5.69 Å². The van der Waals surface area contributed by atoms with E-state index >= 15 is 0 Å². The highest BCUT2D eigenvalue weighted by Gasteiger charge is 2.17. The van der Waals surface area contributed by atoms with Crippen LogP contribution in [0.5, 0.6) is 11.5 Å². The molecule has 1 amide bonds. The first-order valence-electron chi connectivity index (χ1n) is 8.26. The molecule has 0 heterocycles. The van der Waals surface area contributed by atoms with Gasteiger partial charge in [-0.3, -0.25) is 4.79 Å². The first-order valence-corrected chi connectivity index (χ1v) is 9.91. The summed E-state index contributed by atoms with van der Waals surface area (Å²) in [5.41, 5.74) is 1.49. The molecule has 0 aliphatic carbocycles. The molecule has 0 atom stereocenters. The van der Waals surface area contributed by atoms with Gasteiger partial charge in [-0.25, -0.2) is 8.42 Å². The van der Waals surface area contributed by atoms with Crippen LogP contribution in [0.3, 0.4) is 0 Å². The van der Waals surface area contributed by atoms with Gasteiger partial charge in [-0.2, -0.15) is 0 Å². The fourth-order valence-corrected chi connectivity index (χ4v) is 3.57. The summed E-state index contributed by atoms with van der Waals surface area (Å²) in [6.45, 7) is 4.25. The number of rotatable bonds is 8. The van der Waals surface area contributed by atoms with E-state index in [4.69, 9.17) is 9.47 Å². The lowest BCUT2D eigenvalue weighted by Gasteiger charge is -2.12. The molecule has 6 nitrogen and oxygen atoms in total. The van der Waals surface area contributed by atoms with Crippen molar-refractivity contribution in [1.29, 1.82) is 0 Å². The van der Waals surface area contributed by atoms with E-state index in [1.165, 1.54) is 7.11 Å². The van der Waals surface area contributed by atoms with Crippen LogP contribution in [0.25, 0.3) is 0 Å². The zero-order valence-corrected chi connectivity index (χ0v) is 15.9. The molecule has 0 bridgehead atoms. The Morgan fingerprint density at radius 1 is 1.08 bits per heavy atom. The minimum Gasteiger partial charge on any atom is -0.493 e. The number of amides is 1. The molecule has 0 saturated carbocycles. The summed E-state index contributed by atoms with van der Waals surface area (Å²) in [5.74, 6) is 0.439. The number of carbonyl (C=O) groups is 1. The lowest BCUT2D eigenvalue weighted by Crippen LogP contribution is -2.17. The van der Waals surface area contributed by atoms with Crippen molar-refractivity contribution in [3.8, 4) is 11.5 Å². The Morgan fingerprint density at radius 3 is 2.38 bits per heavy atom. The van der Waals surface area contributed by atoms with E-state index in [0.29, 0.717) is 23.8 Å². The zero-order valence-electron chi connectivity index (χ0n) is 15.1. The molecule has 0 fully saturated rings. The smallest absolute Gasteiger partial charge is 0.225 e. The molecule has 0 aliphatic rings. The van der Waals surface area contributed by atoms with Crippen molar-refractivity contribution >= 4 is 21.4 Å². The van der Waals surface area contributed by atoms with Crippen LogP contribution in [0.1, 0.15) is 18.9 Å². The Labute approximate surface area is 154 Å². The highest BCUT2D eigenvalue weighted by Crippen LogP contribution is 2.30. The van der Waals surface area contributed by atoms with Crippen LogP contribution in [0.15, 0.2) is 47.4 Å². The van der Waals surface area contributed by atoms with Gasteiger partial charge in [0.1, 0.15) is 0 Å². The van der Waals surface area contributed by atoms with Gasteiger partial charge in [-0.05, 0) is 38.1 Å². The van der Waals surface area contributed by atoms with Gasteiger partial charge in [-0.1, -0.05) is 17.7 Å². The van der Waals surface area contributed by atoms with Crippen LogP contribution < -0.4 is 14.8 Å². The summed E-state index contributed by atoms with van der Waals surface area (Å²) in [6, 6.07) is 11.6. The molecule has 140 valence electrons. The van der Waals surface area contributed by atoms with Gasteiger partial charge >= 0.3 is 0 Å². The number of nitrogens with one attached hydrogen (secondary N) is 1. The molecule has 0 radical (unpaired) electrons. The van der Waals surface area contributed by atoms with Gasteiger partial charge in [-0.15, -0.1) is 0 Å². The van der Waals surface area contributed by atoms with Gasteiger partial charge in [0.05, 0.1) is 24.4 Å². The Morgan fingerprint density at radius 2 is 1.77 bits per heavy atom. The number of methoxy groups -OCH3 is 1. The SMILES string of the molecule is CCOc1ccc(NC(=O)CCS(=O)(=O)c2ccc(C)cc2)cc1OC. The number of ether oxygens (including phenoxy) is 2. The van der Waals surface area contributed by atoms with Crippen LogP contribution in [-0.2, 0) is 14.6 Å². The van der Waals surface area contributed by atoms with Crippen LogP contribution in [-0.4, -0.2) is 33.8 Å². The van der Waals surface area contributed by atoms with E-state index in [1.54, 1.807) is 42.5 Å². The van der Waals surface area contributed by atoms with Crippen molar-refractivity contribution in [3.05, 3.63) is 48.0 Å². The quantitative estimate of drug-likeness (QED) is 0.764. The van der Waals surface area contributed by atoms with Crippen molar-refractivity contribution in [1.82, 2.24) is 0 Å². The van der Waals surface area contributed by atoms with E-state index in [-0.39, 0.29) is 23.0 Å². The Kier molecular flexibility index (Phi) is 6.63. The average molecular weight is 377 g/mol. The summed E-state index contributed by atoms with van der Waals surface area (Å²) < 4.78 is 35.3. The van der Waals surface area contributed by atoms with Gasteiger partial charge in [0, 0.05) is 18.2 Å². The van der Waals surface area contributed by atoms with Gasteiger partial charge in [0.2, 0.25) is 5.91 Å². The number of hydrogen-bond donors (Lipinski definition) is 1. The fourth-order valence-electron chi connectivity index (χ4n) is 2.33. The van der Waals surface area contributed by atoms with Crippen molar-refractivity contribution < 1.29 is 22.7 Å². The molecule has 0 saturated heterocycles. The predicted octanol–water partition coefficient (Wildman–Crippen LogP) is 3.20. The minimum absolute atomic E-state index is 0.133. The number of sulfone groups is 1. The Balaban J connectivity index is 1.99. The van der Waals surface area contributed by atoms with Crippen molar-refractivity contribution in [3.63, 3.8) is 0 Å². The molecule has 0 aromatic heterocycles. The van der Waals surface area contributed by atoms with E-state index < -0.39 is 9.84 Å². The first kappa shape index (κ1) is 19.8. The topological polar surface area (TPSA) is 81.7 Å². The molecule has 0 aliphatic heterocycles. The largest absolute Gasteiger partial charge is 0.493 e. The van der Waals surface area contributed by atoms with Crippen LogP contribution >= 0.6 is 0 Å². The Bertz CT molecular complexity index is 860. The molecular weight excluding hydrogens is 354 g/mol. The normalized spacial score (nSPS) is 11.0. The lowest BCUT2D eigenvalue weighted by molar-refractivity contribution is -0.115. The van der Waals surface area contributed by atoms with E-state index in [9.17, 15) is 13.2 Å². The molecule has 7 heteroatoms. The second-order valence-electron chi connectivity index (χ2n) is 5.73. The zero-order chi connectivity index (χ0) is 19.2. The molecule has 26 heavy (non-hydrogen) atoms. The first-order chi connectivity index (χ1) is 12.4. The maximum atomic E-state index is 12.3. The molecule has 2 aromatic rings. The van der Waals surface area contributed by atoms with Gasteiger partial charge in [0.15, 0.2) is 21.3 Å². The Hall–Kier alpha value is -2.54. The maximum Gasteiger partial charge on any atom is 0.225 e. The van der Waals surface area contributed by atoms with Crippen LogP contribution in [0.2, 0.25) is 0 Å². The lowest BCUT2D eigenvalue weighted by atomic mass is 10.2. The van der Waals surface area contributed by atoms with E-state index in [2.05, 4.69) is 5.32 Å². The molecule has 0 spiro atoms. The predicted molar refractivity (Wildman–Crippen MR) is 101 cm³/mol. The highest BCUT2D eigenvalue weighted by atomic mass is 32.2. The highest BCUT2D eigenvalue weighted by molar-refractivity contribution is 7.91. The second-order valence-corrected chi connectivity index (χ2v) is 7.84. The van der Waals surface area contributed by atoms with Gasteiger partial charge in [0.25, 0.3) is 0 Å².